The van der Waals surface area contributed by atoms with E-state index < -0.39 is 0 Å². The zero-order chi connectivity index (χ0) is 16.3. The first-order valence-electron chi connectivity index (χ1n) is 7.47. The summed E-state index contributed by atoms with van der Waals surface area (Å²) in [5.74, 6) is 0.372. The Labute approximate surface area is 152 Å². The molecule has 0 bridgehead atoms. The summed E-state index contributed by atoms with van der Waals surface area (Å²) in [6.07, 6.45) is 2.96. The van der Waals surface area contributed by atoms with Crippen molar-refractivity contribution in [2.75, 3.05) is 5.32 Å². The van der Waals surface area contributed by atoms with Gasteiger partial charge in [0, 0.05) is 4.47 Å². The molecule has 2 aromatic rings. The van der Waals surface area contributed by atoms with E-state index in [1.165, 1.54) is 16.9 Å². The number of hydrogen-bond acceptors (Lipinski definition) is 3. The maximum Gasteiger partial charge on any atom is 0.239 e. The first-order valence-corrected chi connectivity index (χ1v) is 9.99. The van der Waals surface area contributed by atoms with Crippen molar-refractivity contribution in [3.05, 3.63) is 22.2 Å². The van der Waals surface area contributed by atoms with Gasteiger partial charge in [0.2, 0.25) is 5.91 Å². The molecule has 1 heterocycles. The lowest BCUT2D eigenvalue weighted by molar-refractivity contribution is -0.115. The van der Waals surface area contributed by atoms with Gasteiger partial charge < -0.3 is 5.32 Å². The highest BCUT2D eigenvalue weighted by Gasteiger charge is 2.17. The molecule has 0 spiro atoms. The van der Waals surface area contributed by atoms with Crippen molar-refractivity contribution in [2.24, 2.45) is 0 Å². The fourth-order valence-electron chi connectivity index (χ4n) is 2.21. The van der Waals surface area contributed by atoms with Crippen LogP contribution in [0.2, 0.25) is 0 Å². The molecule has 120 valence electrons. The van der Waals surface area contributed by atoms with Crippen molar-refractivity contribution in [3.8, 4) is 0 Å². The van der Waals surface area contributed by atoms with Gasteiger partial charge in [0.25, 0.3) is 0 Å². The zero-order valence-corrected chi connectivity index (χ0v) is 16.9. The Balaban J connectivity index is 2.23. The molecule has 1 N–H and O–H groups in total. The Morgan fingerprint density at radius 3 is 2.77 bits per heavy atom. The van der Waals surface area contributed by atoms with Gasteiger partial charge in [-0.15, -0.1) is 0 Å². The number of aromatic nitrogens is 1. The van der Waals surface area contributed by atoms with Crippen molar-refractivity contribution in [1.29, 1.82) is 0 Å². The molecule has 6 heteroatoms. The molecule has 0 saturated carbocycles. The van der Waals surface area contributed by atoms with Crippen molar-refractivity contribution >= 4 is 64.5 Å². The molecule has 1 aromatic heterocycles. The largest absolute Gasteiger partial charge is 0.301 e. The van der Waals surface area contributed by atoms with Crippen LogP contribution < -0.4 is 5.32 Å². The highest BCUT2D eigenvalue weighted by molar-refractivity contribution is 9.10. The third-order valence-corrected chi connectivity index (χ3v) is 5.69. The molecule has 0 radical (unpaired) electrons. The normalized spacial score (nSPS) is 12.8. The quantitative estimate of drug-likeness (QED) is 0.545. The Bertz CT molecular complexity index is 669. The molecule has 1 amide bonds. The van der Waals surface area contributed by atoms with Crippen molar-refractivity contribution in [3.63, 3.8) is 0 Å². The topological polar surface area (TPSA) is 42.0 Å². The van der Waals surface area contributed by atoms with Gasteiger partial charge in [0.05, 0.1) is 15.0 Å². The lowest BCUT2D eigenvalue weighted by Crippen LogP contribution is -2.22. The number of benzene rings is 1. The number of fused-ring (bicyclic) bond motifs is 1. The van der Waals surface area contributed by atoms with Crippen LogP contribution in [0.15, 0.2) is 16.6 Å². The van der Waals surface area contributed by atoms with Crippen LogP contribution in [-0.2, 0) is 4.79 Å². The van der Waals surface area contributed by atoms with Gasteiger partial charge in [-0.2, -0.15) is 0 Å². The molecule has 0 aliphatic carbocycles. The average molecular weight is 448 g/mol. The Morgan fingerprint density at radius 2 is 2.14 bits per heavy atom. The Kier molecular flexibility index (Phi) is 6.41. The number of carbonyl (C=O) groups is 1. The van der Waals surface area contributed by atoms with Crippen LogP contribution >= 0.6 is 43.2 Å². The number of carbonyl (C=O) groups excluding carboxylic acids is 1. The number of nitrogens with one attached hydrogen (secondary N) is 1. The summed E-state index contributed by atoms with van der Waals surface area (Å²) in [5, 5.41) is 3.60. The van der Waals surface area contributed by atoms with E-state index in [9.17, 15) is 4.79 Å². The van der Waals surface area contributed by atoms with Crippen LogP contribution in [0.25, 0.3) is 10.2 Å². The second kappa shape index (κ2) is 7.88. The molecule has 3 nitrogen and oxygen atoms in total. The third kappa shape index (κ3) is 4.30. The van der Waals surface area contributed by atoms with Gasteiger partial charge in [0.1, 0.15) is 0 Å². The minimum Gasteiger partial charge on any atom is -0.301 e. The first-order chi connectivity index (χ1) is 10.4. The SMILES string of the molecule is CCCC[C@@H](Br)C(=O)Nc1nc2c(C(C)C)cc(Br)cc2s1. The Hall–Kier alpha value is -0.460. The monoisotopic (exact) mass is 446 g/mol. The third-order valence-electron chi connectivity index (χ3n) is 3.44. The lowest BCUT2D eigenvalue weighted by atomic mass is 10.0. The summed E-state index contributed by atoms with van der Waals surface area (Å²) in [5.41, 5.74) is 2.18. The number of rotatable bonds is 6. The van der Waals surface area contributed by atoms with Crippen LogP contribution in [0.5, 0.6) is 0 Å². The number of hydrogen-bond donors (Lipinski definition) is 1. The molecule has 1 aromatic carbocycles. The van der Waals surface area contributed by atoms with E-state index in [1.54, 1.807) is 0 Å². The number of alkyl halides is 1. The van der Waals surface area contributed by atoms with Crippen LogP contribution in [0.3, 0.4) is 0 Å². The summed E-state index contributed by atoms with van der Waals surface area (Å²) < 4.78 is 2.14. The maximum absolute atomic E-state index is 12.2. The summed E-state index contributed by atoms with van der Waals surface area (Å²) in [7, 11) is 0. The average Bonchev–Trinajstić information content (AvgIpc) is 2.85. The molecule has 0 fully saturated rings. The number of unbranched alkanes of at least 4 members (excludes halogenated alkanes) is 1. The van der Waals surface area contributed by atoms with Crippen LogP contribution in [0.1, 0.15) is 51.5 Å². The number of nitrogens with zero attached hydrogens (tertiary/aromatic N) is 1. The predicted octanol–water partition coefficient (Wildman–Crippen LogP) is 6.07. The molecule has 0 unspecified atom stereocenters. The fourth-order valence-corrected chi connectivity index (χ4v) is 4.22. The van der Waals surface area contributed by atoms with Crippen LogP contribution in [0, 0.1) is 0 Å². The first kappa shape index (κ1) is 17.9. The van der Waals surface area contributed by atoms with Crippen molar-refractivity contribution < 1.29 is 4.79 Å². The van der Waals surface area contributed by atoms with Gasteiger partial charge in [0.15, 0.2) is 5.13 Å². The molecule has 1 atom stereocenters. The standard InChI is InChI=1S/C16H20Br2N2OS/c1-4-5-6-12(18)15(21)20-16-19-14-11(9(2)3)7-10(17)8-13(14)22-16/h7-9,12H,4-6H2,1-3H3,(H,19,20,21)/t12-/m1/s1. The van der Waals surface area contributed by atoms with E-state index in [-0.39, 0.29) is 10.7 Å². The second-order valence-corrected chi connectivity index (χ2v) is 8.67. The summed E-state index contributed by atoms with van der Waals surface area (Å²) in [4.78, 5) is 16.6. The summed E-state index contributed by atoms with van der Waals surface area (Å²) in [6.45, 7) is 6.42. The maximum atomic E-state index is 12.2. The molecular formula is C16H20Br2N2OS. The van der Waals surface area contributed by atoms with Crippen LogP contribution in [-0.4, -0.2) is 15.7 Å². The van der Waals surface area contributed by atoms with Crippen molar-refractivity contribution in [2.45, 2.75) is 50.8 Å². The fraction of sp³-hybridized carbons (Fsp3) is 0.500. The summed E-state index contributed by atoms with van der Waals surface area (Å²) >= 11 is 8.52. The van der Waals surface area contributed by atoms with E-state index >= 15 is 0 Å². The smallest absolute Gasteiger partial charge is 0.239 e. The van der Waals surface area contributed by atoms with Gasteiger partial charge in [-0.3, -0.25) is 4.79 Å². The highest BCUT2D eigenvalue weighted by atomic mass is 79.9. The van der Waals surface area contributed by atoms with E-state index in [2.05, 4.69) is 75.1 Å². The van der Waals surface area contributed by atoms with Gasteiger partial charge in [-0.25, -0.2) is 4.98 Å². The minimum atomic E-state index is -0.157. The number of thiazole rings is 1. The number of halogens is 2. The van der Waals surface area contributed by atoms with Crippen LogP contribution in [0.4, 0.5) is 5.13 Å². The van der Waals surface area contributed by atoms with Gasteiger partial charge in [-0.1, -0.05) is 76.8 Å². The zero-order valence-electron chi connectivity index (χ0n) is 13.0. The summed E-state index contributed by atoms with van der Waals surface area (Å²) in [6, 6.07) is 4.16. The second-order valence-electron chi connectivity index (χ2n) is 5.61. The molecule has 0 saturated heterocycles. The minimum absolute atomic E-state index is 0.0160. The predicted molar refractivity (Wildman–Crippen MR) is 102 cm³/mol. The van der Waals surface area contributed by atoms with E-state index in [1.807, 2.05) is 0 Å². The Morgan fingerprint density at radius 1 is 1.41 bits per heavy atom. The van der Waals surface area contributed by atoms with E-state index in [0.29, 0.717) is 11.0 Å². The molecule has 0 aliphatic rings. The molecular weight excluding hydrogens is 428 g/mol. The van der Waals surface area contributed by atoms with E-state index in [0.717, 1.165) is 34.0 Å². The van der Waals surface area contributed by atoms with E-state index in [4.69, 9.17) is 0 Å². The lowest BCUT2D eigenvalue weighted by Gasteiger charge is -2.08. The molecule has 0 aliphatic heterocycles. The molecule has 22 heavy (non-hydrogen) atoms. The molecule has 2 rings (SSSR count). The van der Waals surface area contributed by atoms with Gasteiger partial charge in [-0.05, 0) is 30.0 Å². The highest BCUT2D eigenvalue weighted by Crippen LogP contribution is 2.34. The number of amides is 1. The van der Waals surface area contributed by atoms with Crippen molar-refractivity contribution in [1.82, 2.24) is 4.98 Å². The van der Waals surface area contributed by atoms with Gasteiger partial charge >= 0.3 is 0 Å². The number of anilines is 1.